The maximum Gasteiger partial charge on any atom is 0.225 e. The topological polar surface area (TPSA) is 56.7 Å². The summed E-state index contributed by atoms with van der Waals surface area (Å²) >= 11 is 0. The molecule has 0 spiro atoms. The summed E-state index contributed by atoms with van der Waals surface area (Å²) in [5.41, 5.74) is 0. The molecule has 1 fully saturated rings. The van der Waals surface area contributed by atoms with Crippen LogP contribution in [0.3, 0.4) is 0 Å². The summed E-state index contributed by atoms with van der Waals surface area (Å²) in [7, 11) is 1.81. The van der Waals surface area contributed by atoms with E-state index in [-0.39, 0.29) is 11.8 Å². The number of nitrogens with one attached hydrogen (secondary N) is 2. The van der Waals surface area contributed by atoms with Gasteiger partial charge in [0.15, 0.2) is 5.96 Å². The Balaban J connectivity index is 2.14. The van der Waals surface area contributed by atoms with E-state index in [2.05, 4.69) is 22.5 Å². The van der Waals surface area contributed by atoms with Gasteiger partial charge in [0.2, 0.25) is 5.91 Å². The number of hydrogen-bond acceptors (Lipinski definition) is 2. The molecule has 1 rings (SSSR count). The van der Waals surface area contributed by atoms with Crippen molar-refractivity contribution in [3.8, 4) is 0 Å². The van der Waals surface area contributed by atoms with Crippen LogP contribution in [0.4, 0.5) is 0 Å². The molecule has 0 aromatic heterocycles. The largest absolute Gasteiger partial charge is 0.356 e. The third kappa shape index (κ3) is 8.02. The molecule has 0 aromatic rings. The molecule has 0 radical (unpaired) electrons. The Bertz CT molecular complexity index is 382. The van der Waals surface area contributed by atoms with Crippen LogP contribution in [0.15, 0.2) is 4.99 Å². The van der Waals surface area contributed by atoms with E-state index in [4.69, 9.17) is 0 Å². The lowest BCUT2D eigenvalue weighted by atomic mass is 10.1. The number of carbonyl (C=O) groups is 1. The number of aliphatic imine (C=N–C) groups is 1. The van der Waals surface area contributed by atoms with Crippen molar-refractivity contribution < 1.29 is 4.79 Å². The molecule has 2 N–H and O–H groups in total. The lowest BCUT2D eigenvalue weighted by molar-refractivity contribution is -0.133. The number of guanidine groups is 1. The monoisotopic (exact) mass is 338 g/mol. The van der Waals surface area contributed by atoms with Crippen molar-refractivity contribution >= 4 is 11.9 Å². The number of unbranched alkanes of at least 4 members (excludes halogenated alkanes) is 6. The first-order valence-corrected chi connectivity index (χ1v) is 9.84. The van der Waals surface area contributed by atoms with E-state index in [9.17, 15) is 4.79 Å². The number of carbonyl (C=O) groups excluding carboxylic acids is 1. The predicted molar refractivity (Wildman–Crippen MR) is 102 cm³/mol. The zero-order chi connectivity index (χ0) is 17.8. The van der Waals surface area contributed by atoms with Gasteiger partial charge in [0.05, 0.1) is 0 Å². The summed E-state index contributed by atoms with van der Waals surface area (Å²) < 4.78 is 0. The van der Waals surface area contributed by atoms with Crippen LogP contribution < -0.4 is 10.6 Å². The zero-order valence-corrected chi connectivity index (χ0v) is 16.2. The van der Waals surface area contributed by atoms with Crippen molar-refractivity contribution in [2.45, 2.75) is 78.2 Å². The van der Waals surface area contributed by atoms with Crippen LogP contribution in [0.1, 0.15) is 72.1 Å². The van der Waals surface area contributed by atoms with Crippen LogP contribution in [-0.2, 0) is 4.79 Å². The molecule has 140 valence electrons. The zero-order valence-electron chi connectivity index (χ0n) is 16.2. The minimum absolute atomic E-state index is 0.0820. The SMILES string of the molecule is CCCCCCCCCNC(=NC)NC1CCN(C(=O)C(C)C)C1. The van der Waals surface area contributed by atoms with Crippen molar-refractivity contribution in [2.24, 2.45) is 10.9 Å². The Labute approximate surface area is 148 Å². The third-order valence-corrected chi connectivity index (χ3v) is 4.63. The van der Waals surface area contributed by atoms with Crippen LogP contribution in [0.2, 0.25) is 0 Å². The number of nitrogens with zero attached hydrogens (tertiary/aromatic N) is 2. The smallest absolute Gasteiger partial charge is 0.225 e. The molecule has 0 bridgehead atoms. The summed E-state index contributed by atoms with van der Waals surface area (Å²) in [5.74, 6) is 1.20. The Morgan fingerprint density at radius 3 is 2.46 bits per heavy atom. The first-order valence-electron chi connectivity index (χ1n) is 9.84. The van der Waals surface area contributed by atoms with Gasteiger partial charge in [0, 0.05) is 38.6 Å². The number of likely N-dealkylation sites (tertiary alicyclic amines) is 1. The fourth-order valence-electron chi connectivity index (χ4n) is 3.12. The number of hydrogen-bond donors (Lipinski definition) is 2. The van der Waals surface area contributed by atoms with E-state index in [1.165, 1.54) is 44.9 Å². The van der Waals surface area contributed by atoms with E-state index in [0.29, 0.717) is 6.04 Å². The van der Waals surface area contributed by atoms with Crippen LogP contribution in [-0.4, -0.2) is 49.5 Å². The highest BCUT2D eigenvalue weighted by molar-refractivity contribution is 5.81. The summed E-state index contributed by atoms with van der Waals surface area (Å²) in [5, 5.41) is 6.85. The van der Waals surface area contributed by atoms with Gasteiger partial charge in [-0.15, -0.1) is 0 Å². The molecule has 5 heteroatoms. The maximum absolute atomic E-state index is 12.0. The molecule has 1 aliphatic rings. The molecule has 0 saturated carbocycles. The fourth-order valence-corrected chi connectivity index (χ4v) is 3.12. The summed E-state index contributed by atoms with van der Waals surface area (Å²) in [6.45, 7) is 8.79. The Hall–Kier alpha value is -1.26. The summed E-state index contributed by atoms with van der Waals surface area (Å²) in [6.07, 6.45) is 10.2. The molecule has 1 heterocycles. The highest BCUT2D eigenvalue weighted by atomic mass is 16.2. The van der Waals surface area contributed by atoms with Crippen molar-refractivity contribution in [1.29, 1.82) is 0 Å². The molecular weight excluding hydrogens is 300 g/mol. The molecule has 1 aliphatic heterocycles. The fraction of sp³-hybridized carbons (Fsp3) is 0.895. The lowest BCUT2D eigenvalue weighted by Crippen LogP contribution is -2.45. The van der Waals surface area contributed by atoms with Gasteiger partial charge in [-0.3, -0.25) is 9.79 Å². The average molecular weight is 339 g/mol. The lowest BCUT2D eigenvalue weighted by Gasteiger charge is -2.20. The maximum atomic E-state index is 12.0. The predicted octanol–water partition coefficient (Wildman–Crippen LogP) is 3.16. The Morgan fingerprint density at radius 1 is 1.17 bits per heavy atom. The minimum atomic E-state index is 0.0820. The second-order valence-corrected chi connectivity index (χ2v) is 7.19. The second-order valence-electron chi connectivity index (χ2n) is 7.19. The molecule has 24 heavy (non-hydrogen) atoms. The molecule has 1 unspecified atom stereocenters. The Kier molecular flexibility index (Phi) is 10.5. The Morgan fingerprint density at radius 2 is 1.83 bits per heavy atom. The molecule has 1 amide bonds. The van der Waals surface area contributed by atoms with E-state index in [1.54, 1.807) is 0 Å². The quantitative estimate of drug-likeness (QED) is 0.365. The second kappa shape index (κ2) is 12.2. The van der Waals surface area contributed by atoms with Crippen LogP contribution in [0.5, 0.6) is 0 Å². The van der Waals surface area contributed by atoms with Crippen molar-refractivity contribution in [2.75, 3.05) is 26.7 Å². The van der Waals surface area contributed by atoms with Gasteiger partial charge in [-0.2, -0.15) is 0 Å². The van der Waals surface area contributed by atoms with E-state index in [0.717, 1.165) is 32.0 Å². The minimum Gasteiger partial charge on any atom is -0.356 e. The van der Waals surface area contributed by atoms with Crippen LogP contribution in [0, 0.1) is 5.92 Å². The van der Waals surface area contributed by atoms with Crippen molar-refractivity contribution in [1.82, 2.24) is 15.5 Å². The van der Waals surface area contributed by atoms with Gasteiger partial charge < -0.3 is 15.5 Å². The van der Waals surface area contributed by atoms with Crippen LogP contribution in [0.25, 0.3) is 0 Å². The van der Waals surface area contributed by atoms with Gasteiger partial charge in [-0.05, 0) is 12.8 Å². The standard InChI is InChI=1S/C19H38N4O/c1-5-6-7-8-9-10-11-13-21-19(20-4)22-17-12-14-23(15-17)18(24)16(2)3/h16-17H,5-15H2,1-4H3,(H2,20,21,22). The normalized spacial score (nSPS) is 18.3. The number of amides is 1. The van der Waals surface area contributed by atoms with Gasteiger partial charge in [-0.25, -0.2) is 0 Å². The van der Waals surface area contributed by atoms with Crippen LogP contribution >= 0.6 is 0 Å². The molecule has 1 atom stereocenters. The van der Waals surface area contributed by atoms with Gasteiger partial charge in [0.25, 0.3) is 0 Å². The summed E-state index contributed by atoms with van der Waals surface area (Å²) in [6, 6.07) is 0.313. The summed E-state index contributed by atoms with van der Waals surface area (Å²) in [4.78, 5) is 18.3. The molecule has 1 saturated heterocycles. The molecule has 0 aromatic carbocycles. The van der Waals surface area contributed by atoms with Crippen molar-refractivity contribution in [3.63, 3.8) is 0 Å². The first-order chi connectivity index (χ1) is 11.6. The number of rotatable bonds is 10. The van der Waals surface area contributed by atoms with E-state index >= 15 is 0 Å². The van der Waals surface area contributed by atoms with E-state index < -0.39 is 0 Å². The molecule has 0 aliphatic carbocycles. The third-order valence-electron chi connectivity index (χ3n) is 4.63. The van der Waals surface area contributed by atoms with Crippen molar-refractivity contribution in [3.05, 3.63) is 0 Å². The highest BCUT2D eigenvalue weighted by Gasteiger charge is 2.27. The van der Waals surface area contributed by atoms with Gasteiger partial charge in [0.1, 0.15) is 0 Å². The highest BCUT2D eigenvalue weighted by Crippen LogP contribution is 2.12. The molecular formula is C19H38N4O. The molecule has 5 nitrogen and oxygen atoms in total. The van der Waals surface area contributed by atoms with Gasteiger partial charge >= 0.3 is 0 Å². The average Bonchev–Trinajstić information content (AvgIpc) is 3.03. The first kappa shape index (κ1) is 20.8. The van der Waals surface area contributed by atoms with E-state index in [1.807, 2.05) is 25.8 Å². The van der Waals surface area contributed by atoms with Gasteiger partial charge in [-0.1, -0.05) is 59.3 Å².